The molecule has 2 heterocycles. The average Bonchev–Trinajstić information content (AvgIpc) is 3.15. The van der Waals surface area contributed by atoms with Crippen LogP contribution in [0.25, 0.3) is 0 Å². The summed E-state index contributed by atoms with van der Waals surface area (Å²) in [6.07, 6.45) is 4.16. The Bertz CT molecular complexity index is 581. The van der Waals surface area contributed by atoms with E-state index < -0.39 is 5.54 Å². The number of carbonyl (C=O) groups is 1. The van der Waals surface area contributed by atoms with Gasteiger partial charge in [0.2, 0.25) is 0 Å². The summed E-state index contributed by atoms with van der Waals surface area (Å²) in [5.74, 6) is 0.736. The van der Waals surface area contributed by atoms with Gasteiger partial charge in [-0.1, -0.05) is 6.92 Å². The van der Waals surface area contributed by atoms with Crippen LogP contribution in [0, 0.1) is 0 Å². The molecule has 0 aromatic carbocycles. The van der Waals surface area contributed by atoms with Gasteiger partial charge in [0.25, 0.3) is 0 Å². The van der Waals surface area contributed by atoms with E-state index >= 15 is 0 Å². The van der Waals surface area contributed by atoms with E-state index in [0.29, 0.717) is 6.54 Å². The lowest BCUT2D eigenvalue weighted by Gasteiger charge is -2.27. The van der Waals surface area contributed by atoms with Crippen molar-refractivity contribution in [3.8, 4) is 0 Å². The van der Waals surface area contributed by atoms with E-state index in [1.165, 1.54) is 11.3 Å². The number of aromatic nitrogens is 4. The Morgan fingerprint density at radius 3 is 2.90 bits per heavy atom. The number of urea groups is 1. The lowest BCUT2D eigenvalue weighted by Crippen LogP contribution is -2.47. The Morgan fingerprint density at radius 2 is 2.29 bits per heavy atom. The maximum absolute atomic E-state index is 12.1. The highest BCUT2D eigenvalue weighted by Crippen LogP contribution is 2.25. The number of amides is 2. The Morgan fingerprint density at radius 1 is 1.48 bits per heavy atom. The molecule has 2 rings (SSSR count). The summed E-state index contributed by atoms with van der Waals surface area (Å²) in [7, 11) is 0. The van der Waals surface area contributed by atoms with Crippen LogP contribution in [0.4, 0.5) is 4.79 Å². The van der Waals surface area contributed by atoms with Gasteiger partial charge in [-0.05, 0) is 20.3 Å². The van der Waals surface area contributed by atoms with Crippen LogP contribution >= 0.6 is 11.3 Å². The van der Waals surface area contributed by atoms with Gasteiger partial charge in [0.05, 0.1) is 12.1 Å². The first kappa shape index (κ1) is 15.4. The monoisotopic (exact) mass is 308 g/mol. The van der Waals surface area contributed by atoms with Gasteiger partial charge in [-0.15, -0.1) is 21.5 Å². The van der Waals surface area contributed by atoms with Crippen molar-refractivity contribution in [1.29, 1.82) is 0 Å². The van der Waals surface area contributed by atoms with Crippen LogP contribution in [0.5, 0.6) is 0 Å². The Hall–Kier alpha value is -1.96. The molecule has 0 radical (unpaired) electrons. The summed E-state index contributed by atoms with van der Waals surface area (Å²) in [5.41, 5.74) is -0.462. The molecule has 8 heteroatoms. The molecule has 0 bridgehead atoms. The van der Waals surface area contributed by atoms with E-state index in [-0.39, 0.29) is 6.03 Å². The largest absolute Gasteiger partial charge is 0.331 e. The van der Waals surface area contributed by atoms with E-state index in [1.54, 1.807) is 12.5 Å². The molecular weight excluding hydrogens is 288 g/mol. The maximum atomic E-state index is 12.1. The first-order valence-corrected chi connectivity index (χ1v) is 7.79. The van der Waals surface area contributed by atoms with Gasteiger partial charge < -0.3 is 15.2 Å². The molecule has 0 aliphatic heterocycles. The first-order chi connectivity index (χ1) is 10.1. The average molecular weight is 308 g/mol. The van der Waals surface area contributed by atoms with Crippen LogP contribution < -0.4 is 10.6 Å². The van der Waals surface area contributed by atoms with E-state index in [0.717, 1.165) is 23.8 Å². The number of hydrogen-bond acceptors (Lipinski definition) is 5. The summed E-state index contributed by atoms with van der Waals surface area (Å²) in [6, 6.07) is -0.236. The molecule has 0 aliphatic rings. The highest BCUT2D eigenvalue weighted by Gasteiger charge is 2.29. The van der Waals surface area contributed by atoms with Crippen molar-refractivity contribution in [2.45, 2.75) is 45.8 Å². The van der Waals surface area contributed by atoms with Crippen molar-refractivity contribution in [3.63, 3.8) is 0 Å². The van der Waals surface area contributed by atoms with Crippen LogP contribution in [0.2, 0.25) is 0 Å². The molecule has 2 aromatic rings. The predicted octanol–water partition coefficient (Wildman–Crippen LogP) is 1.88. The minimum Gasteiger partial charge on any atom is -0.331 e. The molecule has 114 valence electrons. The van der Waals surface area contributed by atoms with Gasteiger partial charge in [0.15, 0.2) is 5.82 Å². The van der Waals surface area contributed by atoms with Gasteiger partial charge in [-0.25, -0.2) is 9.78 Å². The normalized spacial score (nSPS) is 13.7. The standard InChI is InChI=1S/C13H20N6OS/c1-4-13(3,11-14-6-7-21-11)17-12(20)15-8-10-18-16-9-19(10)5-2/h6-7,9H,4-5,8H2,1-3H3,(H2,15,17,20)/t13-/m1/s1. The van der Waals surface area contributed by atoms with Gasteiger partial charge in [0, 0.05) is 18.1 Å². The second kappa shape index (κ2) is 6.66. The third-order valence-corrected chi connectivity index (χ3v) is 4.48. The number of carbonyl (C=O) groups excluding carboxylic acids is 1. The zero-order valence-electron chi connectivity index (χ0n) is 12.5. The lowest BCUT2D eigenvalue weighted by molar-refractivity contribution is 0.225. The molecule has 0 fully saturated rings. The fourth-order valence-corrected chi connectivity index (χ4v) is 2.75. The fourth-order valence-electron chi connectivity index (χ4n) is 1.92. The second-order valence-corrected chi connectivity index (χ2v) is 5.76. The van der Waals surface area contributed by atoms with Crippen molar-refractivity contribution >= 4 is 17.4 Å². The zero-order chi connectivity index (χ0) is 15.3. The number of nitrogens with one attached hydrogen (secondary N) is 2. The summed E-state index contributed by atoms with van der Waals surface area (Å²) in [6.45, 7) is 7.12. The number of aryl methyl sites for hydroxylation is 1. The zero-order valence-corrected chi connectivity index (χ0v) is 13.3. The van der Waals surface area contributed by atoms with E-state index in [4.69, 9.17) is 0 Å². The van der Waals surface area contributed by atoms with Crippen molar-refractivity contribution < 1.29 is 4.79 Å². The number of rotatable bonds is 6. The van der Waals surface area contributed by atoms with Gasteiger partial charge in [-0.2, -0.15) is 0 Å². The number of thiazole rings is 1. The number of hydrogen-bond donors (Lipinski definition) is 2. The topological polar surface area (TPSA) is 84.7 Å². The molecule has 21 heavy (non-hydrogen) atoms. The fraction of sp³-hybridized carbons (Fsp3) is 0.538. The van der Waals surface area contributed by atoms with Gasteiger partial charge in [0.1, 0.15) is 11.3 Å². The molecule has 2 N–H and O–H groups in total. The molecule has 0 saturated heterocycles. The summed E-state index contributed by atoms with van der Waals surface area (Å²) in [5, 5.41) is 16.4. The summed E-state index contributed by atoms with van der Waals surface area (Å²) in [4.78, 5) is 16.4. The molecule has 7 nitrogen and oxygen atoms in total. The molecule has 2 aromatic heterocycles. The SMILES string of the molecule is CCn1cnnc1CNC(=O)N[C@](C)(CC)c1nccs1. The molecule has 2 amide bonds. The van der Waals surface area contributed by atoms with Crippen LogP contribution in [0.1, 0.15) is 38.0 Å². The van der Waals surface area contributed by atoms with Crippen molar-refractivity contribution in [2.24, 2.45) is 0 Å². The lowest BCUT2D eigenvalue weighted by atomic mass is 10.0. The highest BCUT2D eigenvalue weighted by atomic mass is 32.1. The van der Waals surface area contributed by atoms with Crippen molar-refractivity contribution in [2.75, 3.05) is 0 Å². The van der Waals surface area contributed by atoms with Crippen LogP contribution in [0.3, 0.4) is 0 Å². The van der Waals surface area contributed by atoms with Crippen molar-refractivity contribution in [3.05, 3.63) is 28.7 Å². The summed E-state index contributed by atoms with van der Waals surface area (Å²) < 4.78 is 1.89. The minimum absolute atomic E-state index is 0.236. The van der Waals surface area contributed by atoms with Crippen LogP contribution in [-0.4, -0.2) is 25.8 Å². The molecular formula is C13H20N6OS. The first-order valence-electron chi connectivity index (χ1n) is 6.91. The minimum atomic E-state index is -0.462. The molecule has 0 aliphatic carbocycles. The Balaban J connectivity index is 1.95. The Kier molecular flexibility index (Phi) is 4.89. The van der Waals surface area contributed by atoms with Gasteiger partial charge >= 0.3 is 6.03 Å². The van der Waals surface area contributed by atoms with Gasteiger partial charge in [-0.3, -0.25) is 0 Å². The predicted molar refractivity (Wildman–Crippen MR) is 80.8 cm³/mol. The van der Waals surface area contributed by atoms with Crippen molar-refractivity contribution in [1.82, 2.24) is 30.4 Å². The number of nitrogens with zero attached hydrogens (tertiary/aromatic N) is 4. The van der Waals surface area contributed by atoms with Crippen LogP contribution in [0.15, 0.2) is 17.9 Å². The third kappa shape index (κ3) is 3.57. The molecule has 0 unspecified atom stereocenters. The molecule has 1 atom stereocenters. The smallest absolute Gasteiger partial charge is 0.315 e. The molecule has 0 spiro atoms. The summed E-state index contributed by atoms with van der Waals surface area (Å²) >= 11 is 1.54. The maximum Gasteiger partial charge on any atom is 0.315 e. The third-order valence-electron chi connectivity index (χ3n) is 3.44. The van der Waals surface area contributed by atoms with E-state index in [1.807, 2.05) is 30.7 Å². The second-order valence-electron chi connectivity index (χ2n) is 4.86. The van der Waals surface area contributed by atoms with E-state index in [2.05, 4.69) is 25.8 Å². The molecule has 0 saturated carbocycles. The van der Waals surface area contributed by atoms with E-state index in [9.17, 15) is 4.79 Å². The quantitative estimate of drug-likeness (QED) is 0.853. The Labute approximate surface area is 127 Å². The van der Waals surface area contributed by atoms with Crippen LogP contribution in [-0.2, 0) is 18.6 Å². The highest BCUT2D eigenvalue weighted by molar-refractivity contribution is 7.09.